The molecule has 0 saturated heterocycles. The van der Waals surface area contributed by atoms with Gasteiger partial charge in [-0.3, -0.25) is 9.59 Å². The Morgan fingerprint density at radius 2 is 1.76 bits per heavy atom. The molecule has 2 amide bonds. The Morgan fingerprint density at radius 3 is 2.41 bits per heavy atom. The molecule has 0 fully saturated rings. The van der Waals surface area contributed by atoms with Gasteiger partial charge in [0.2, 0.25) is 11.8 Å². The van der Waals surface area contributed by atoms with Gasteiger partial charge in [-0.2, -0.15) is 0 Å². The first kappa shape index (κ1) is 23.0. The molecule has 29 heavy (non-hydrogen) atoms. The van der Waals surface area contributed by atoms with E-state index in [0.29, 0.717) is 25.3 Å². The molecule has 0 aliphatic rings. The Balaban J connectivity index is 1.99. The lowest BCUT2D eigenvalue weighted by Crippen LogP contribution is -2.47. The lowest BCUT2D eigenvalue weighted by atomic mass is 10.1. The highest BCUT2D eigenvalue weighted by Crippen LogP contribution is 2.20. The van der Waals surface area contributed by atoms with Crippen LogP contribution in [0.2, 0.25) is 0 Å². The summed E-state index contributed by atoms with van der Waals surface area (Å²) in [5, 5.41) is 2.95. The van der Waals surface area contributed by atoms with Gasteiger partial charge in [0.25, 0.3) is 0 Å². The summed E-state index contributed by atoms with van der Waals surface area (Å²) < 4.78 is 0. The molecular formula is C24H32N2O2S. The van der Waals surface area contributed by atoms with Crippen molar-refractivity contribution in [1.82, 2.24) is 10.2 Å². The van der Waals surface area contributed by atoms with Crippen LogP contribution in [0.1, 0.15) is 44.2 Å². The smallest absolute Gasteiger partial charge is 0.242 e. The number of nitrogens with zero attached hydrogens (tertiary/aromatic N) is 1. The van der Waals surface area contributed by atoms with Gasteiger partial charge in [0.05, 0.1) is 0 Å². The van der Waals surface area contributed by atoms with Crippen LogP contribution >= 0.6 is 11.8 Å². The molecule has 0 radical (unpaired) electrons. The standard InChI is InChI=1S/C24H32N2O2S/c1-4-5-16-25-24(28)20(3)26(18-21-9-7-6-8-10-21)23(27)15-17-29-22-13-11-19(2)12-14-22/h6-14,20H,4-5,15-18H2,1-3H3,(H,25,28). The molecule has 0 aliphatic carbocycles. The fourth-order valence-corrected chi connectivity index (χ4v) is 3.77. The third-order valence-electron chi connectivity index (χ3n) is 4.80. The van der Waals surface area contributed by atoms with Gasteiger partial charge in [-0.1, -0.05) is 61.4 Å². The van der Waals surface area contributed by atoms with Gasteiger partial charge in [0.1, 0.15) is 6.04 Å². The van der Waals surface area contributed by atoms with E-state index in [-0.39, 0.29) is 11.8 Å². The van der Waals surface area contributed by atoms with Gasteiger partial charge in [0.15, 0.2) is 0 Å². The zero-order valence-electron chi connectivity index (χ0n) is 17.7. The summed E-state index contributed by atoms with van der Waals surface area (Å²) in [7, 11) is 0. The van der Waals surface area contributed by atoms with Crippen molar-refractivity contribution in [2.24, 2.45) is 0 Å². The third kappa shape index (κ3) is 7.94. The highest BCUT2D eigenvalue weighted by Gasteiger charge is 2.25. The number of aryl methyl sites for hydroxylation is 1. The Labute approximate surface area is 179 Å². The second-order valence-electron chi connectivity index (χ2n) is 7.24. The van der Waals surface area contributed by atoms with Crippen molar-refractivity contribution in [2.45, 2.75) is 57.5 Å². The van der Waals surface area contributed by atoms with Crippen LogP contribution in [0.4, 0.5) is 0 Å². The minimum Gasteiger partial charge on any atom is -0.354 e. The highest BCUT2D eigenvalue weighted by atomic mass is 32.2. The lowest BCUT2D eigenvalue weighted by Gasteiger charge is -2.29. The van der Waals surface area contributed by atoms with E-state index in [4.69, 9.17) is 0 Å². The molecule has 0 aromatic heterocycles. The maximum absolute atomic E-state index is 13.0. The summed E-state index contributed by atoms with van der Waals surface area (Å²) in [5.74, 6) is 0.609. The van der Waals surface area contributed by atoms with Gasteiger partial charge < -0.3 is 10.2 Å². The Hall–Kier alpha value is -2.27. The molecule has 4 nitrogen and oxygen atoms in total. The van der Waals surface area contributed by atoms with E-state index in [1.54, 1.807) is 16.7 Å². The molecule has 156 valence electrons. The molecule has 0 aliphatic heterocycles. The maximum atomic E-state index is 13.0. The van der Waals surface area contributed by atoms with E-state index in [1.165, 1.54) is 5.56 Å². The average molecular weight is 413 g/mol. The minimum absolute atomic E-state index is 0.00612. The summed E-state index contributed by atoms with van der Waals surface area (Å²) in [5.41, 5.74) is 2.25. The molecule has 1 unspecified atom stereocenters. The van der Waals surface area contributed by atoms with E-state index < -0.39 is 6.04 Å². The number of hydrogen-bond donors (Lipinski definition) is 1. The van der Waals surface area contributed by atoms with Crippen LogP contribution in [0, 0.1) is 6.92 Å². The summed E-state index contributed by atoms with van der Waals surface area (Å²) in [4.78, 5) is 28.4. The van der Waals surface area contributed by atoms with Gasteiger partial charge in [0, 0.05) is 30.2 Å². The fraction of sp³-hybridized carbons (Fsp3) is 0.417. The van der Waals surface area contributed by atoms with Crippen LogP contribution in [0.25, 0.3) is 0 Å². The zero-order chi connectivity index (χ0) is 21.1. The number of hydrogen-bond acceptors (Lipinski definition) is 3. The number of rotatable bonds is 11. The number of carbonyl (C=O) groups is 2. The topological polar surface area (TPSA) is 49.4 Å². The van der Waals surface area contributed by atoms with Crippen molar-refractivity contribution in [3.05, 3.63) is 65.7 Å². The van der Waals surface area contributed by atoms with Crippen LogP contribution in [0.5, 0.6) is 0 Å². The molecule has 0 heterocycles. The molecule has 0 saturated carbocycles. The monoisotopic (exact) mass is 412 g/mol. The second kappa shape index (κ2) is 12.3. The Morgan fingerprint density at radius 1 is 1.07 bits per heavy atom. The zero-order valence-corrected chi connectivity index (χ0v) is 18.5. The normalized spacial score (nSPS) is 11.7. The number of thioether (sulfide) groups is 1. The second-order valence-corrected chi connectivity index (χ2v) is 8.41. The molecule has 0 bridgehead atoms. The predicted molar refractivity (Wildman–Crippen MR) is 121 cm³/mol. The minimum atomic E-state index is -0.496. The maximum Gasteiger partial charge on any atom is 0.242 e. The third-order valence-corrected chi connectivity index (χ3v) is 5.81. The molecule has 0 spiro atoms. The molecule has 1 N–H and O–H groups in total. The molecule has 2 rings (SSSR count). The van der Waals surface area contributed by atoms with Gasteiger partial charge in [-0.25, -0.2) is 0 Å². The molecule has 2 aromatic carbocycles. The predicted octanol–water partition coefficient (Wildman–Crippen LogP) is 4.81. The summed E-state index contributed by atoms with van der Waals surface area (Å²) in [6, 6.07) is 17.7. The summed E-state index contributed by atoms with van der Waals surface area (Å²) in [6.07, 6.45) is 2.37. The number of unbranched alkanes of at least 4 members (excludes halogenated alkanes) is 1. The number of benzene rings is 2. The van der Waals surface area contributed by atoms with E-state index >= 15 is 0 Å². The number of carbonyl (C=O) groups excluding carboxylic acids is 2. The first-order chi connectivity index (χ1) is 14.0. The number of amides is 2. The van der Waals surface area contributed by atoms with E-state index in [9.17, 15) is 9.59 Å². The van der Waals surface area contributed by atoms with Gasteiger partial charge in [-0.05, 0) is 38.0 Å². The SMILES string of the molecule is CCCCNC(=O)C(C)N(Cc1ccccc1)C(=O)CCSc1ccc(C)cc1. The van der Waals surface area contributed by atoms with Crippen molar-refractivity contribution in [2.75, 3.05) is 12.3 Å². The quantitative estimate of drug-likeness (QED) is 0.426. The average Bonchev–Trinajstić information content (AvgIpc) is 2.73. The van der Waals surface area contributed by atoms with Crippen molar-refractivity contribution in [1.29, 1.82) is 0 Å². The van der Waals surface area contributed by atoms with Crippen LogP contribution < -0.4 is 5.32 Å². The molecule has 1 atom stereocenters. The molecule has 5 heteroatoms. The van der Waals surface area contributed by atoms with Crippen molar-refractivity contribution < 1.29 is 9.59 Å². The van der Waals surface area contributed by atoms with Crippen LogP contribution in [-0.2, 0) is 16.1 Å². The number of nitrogens with one attached hydrogen (secondary N) is 1. The first-order valence-electron chi connectivity index (χ1n) is 10.3. The van der Waals surface area contributed by atoms with E-state index in [1.807, 2.05) is 37.3 Å². The fourth-order valence-electron chi connectivity index (χ4n) is 2.93. The van der Waals surface area contributed by atoms with Crippen LogP contribution in [0.3, 0.4) is 0 Å². The van der Waals surface area contributed by atoms with E-state index in [2.05, 4.69) is 43.4 Å². The Kier molecular flexibility index (Phi) is 9.78. The van der Waals surface area contributed by atoms with Crippen molar-refractivity contribution >= 4 is 23.6 Å². The van der Waals surface area contributed by atoms with Crippen molar-refractivity contribution in [3.63, 3.8) is 0 Å². The van der Waals surface area contributed by atoms with E-state index in [0.717, 1.165) is 23.3 Å². The van der Waals surface area contributed by atoms with Crippen molar-refractivity contribution in [3.8, 4) is 0 Å². The lowest BCUT2D eigenvalue weighted by molar-refractivity contribution is -0.140. The Bertz CT molecular complexity index is 762. The van der Waals surface area contributed by atoms with Crippen LogP contribution in [0.15, 0.2) is 59.5 Å². The first-order valence-corrected chi connectivity index (χ1v) is 11.3. The van der Waals surface area contributed by atoms with Crippen LogP contribution in [-0.4, -0.2) is 35.1 Å². The van der Waals surface area contributed by atoms with Gasteiger partial charge >= 0.3 is 0 Å². The molecular weight excluding hydrogens is 380 g/mol. The summed E-state index contributed by atoms with van der Waals surface area (Å²) in [6.45, 7) is 7.06. The highest BCUT2D eigenvalue weighted by molar-refractivity contribution is 7.99. The molecule has 2 aromatic rings. The van der Waals surface area contributed by atoms with Gasteiger partial charge in [-0.15, -0.1) is 11.8 Å². The largest absolute Gasteiger partial charge is 0.354 e. The summed E-state index contributed by atoms with van der Waals surface area (Å²) >= 11 is 1.67.